The van der Waals surface area contributed by atoms with Crippen LogP contribution in [-0.4, -0.2) is 75.8 Å². The van der Waals surface area contributed by atoms with Crippen molar-refractivity contribution in [3.8, 4) is 0 Å². The van der Waals surface area contributed by atoms with Gasteiger partial charge in [-0.05, 0) is 57.8 Å². The van der Waals surface area contributed by atoms with Crippen molar-refractivity contribution in [3.63, 3.8) is 0 Å². The molecule has 0 rings (SSSR count). The summed E-state index contributed by atoms with van der Waals surface area (Å²) < 4.78 is 38.6. The largest absolute Gasteiger partial charge is 0.379 e. The van der Waals surface area contributed by atoms with Gasteiger partial charge in [-0.25, -0.2) is 0 Å². The molecule has 218 valence electrons. The molecule has 0 bridgehead atoms. The molecule has 0 saturated heterocycles. The normalized spacial score (nSPS) is 17.1. The van der Waals surface area contributed by atoms with E-state index in [-0.39, 0.29) is 42.7 Å². The summed E-state index contributed by atoms with van der Waals surface area (Å²) in [6.07, 6.45) is -0.149. The molecule has 0 aromatic carbocycles. The topological polar surface area (TPSA) is 55.4 Å². The highest BCUT2D eigenvalue weighted by Gasteiger charge is 2.41. The van der Waals surface area contributed by atoms with E-state index in [1.807, 2.05) is 20.8 Å². The van der Waals surface area contributed by atoms with Gasteiger partial charge in [-0.1, -0.05) is 62.3 Å². The van der Waals surface area contributed by atoms with E-state index in [1.165, 1.54) is 0 Å². The van der Waals surface area contributed by atoms with Crippen molar-refractivity contribution in [2.75, 3.05) is 33.0 Å². The fourth-order valence-electron chi connectivity index (χ4n) is 4.89. The van der Waals surface area contributed by atoms with Gasteiger partial charge in [-0.15, -0.1) is 0 Å². The molecule has 0 saturated carbocycles. The minimum Gasteiger partial charge on any atom is -0.379 e. The van der Waals surface area contributed by atoms with E-state index in [2.05, 4.69) is 69.2 Å². The SMILES string of the molecule is CCOC[C@H](OCC)[C@@H](OCC)[C@H](OC(C)CC)[C@@H](COC(C(C)C)C(C)C)OC(C(C)C)C(C)C. The van der Waals surface area contributed by atoms with E-state index in [9.17, 15) is 0 Å². The van der Waals surface area contributed by atoms with E-state index in [4.69, 9.17) is 28.4 Å². The standard InChI is InChI=1S/C30H62O6/c1-14-24(13)35-30(29(33-17-4)25(32-16-3)18-31-15-2)26(36-28(22(9)10)23(11)12)19-34-27(20(5)6)21(7)8/h20-30H,14-19H2,1-13H3/t24?,25-,26+,29+,30+/m0/s1. The number of hydrogen-bond acceptors (Lipinski definition) is 6. The van der Waals surface area contributed by atoms with E-state index < -0.39 is 0 Å². The highest BCUT2D eigenvalue weighted by Crippen LogP contribution is 2.27. The van der Waals surface area contributed by atoms with Gasteiger partial charge in [-0.2, -0.15) is 0 Å². The molecule has 0 spiro atoms. The van der Waals surface area contributed by atoms with Gasteiger partial charge in [0.2, 0.25) is 0 Å². The van der Waals surface area contributed by atoms with Crippen molar-refractivity contribution in [3.05, 3.63) is 0 Å². The summed E-state index contributed by atoms with van der Waals surface area (Å²) >= 11 is 0. The van der Waals surface area contributed by atoms with Gasteiger partial charge in [-0.3, -0.25) is 0 Å². The predicted octanol–water partition coefficient (Wildman–Crippen LogP) is 6.78. The van der Waals surface area contributed by atoms with Gasteiger partial charge >= 0.3 is 0 Å². The Morgan fingerprint density at radius 1 is 0.444 bits per heavy atom. The van der Waals surface area contributed by atoms with Crippen LogP contribution in [0.1, 0.15) is 96.4 Å². The molecule has 0 heterocycles. The van der Waals surface area contributed by atoms with Crippen LogP contribution >= 0.6 is 0 Å². The lowest BCUT2D eigenvalue weighted by Gasteiger charge is -2.41. The Balaban J connectivity index is 6.46. The second kappa shape index (κ2) is 19.8. The molecule has 0 aliphatic heterocycles. The average molecular weight is 519 g/mol. The molecule has 1 unspecified atom stereocenters. The zero-order valence-electron chi connectivity index (χ0n) is 26.0. The molecule has 0 radical (unpaired) electrons. The third kappa shape index (κ3) is 13.0. The Morgan fingerprint density at radius 2 is 0.972 bits per heavy atom. The summed E-state index contributed by atoms with van der Waals surface area (Å²) in [4.78, 5) is 0. The van der Waals surface area contributed by atoms with Crippen LogP contribution in [0.25, 0.3) is 0 Å². The molecule has 0 N–H and O–H groups in total. The maximum Gasteiger partial charge on any atom is 0.115 e. The maximum absolute atomic E-state index is 6.92. The monoisotopic (exact) mass is 518 g/mol. The van der Waals surface area contributed by atoms with Crippen LogP contribution in [0.3, 0.4) is 0 Å². The fraction of sp³-hybridized carbons (Fsp3) is 1.00. The molecule has 36 heavy (non-hydrogen) atoms. The first kappa shape index (κ1) is 35.8. The first-order valence-electron chi connectivity index (χ1n) is 14.7. The van der Waals surface area contributed by atoms with Crippen LogP contribution in [0.4, 0.5) is 0 Å². The Morgan fingerprint density at radius 3 is 1.39 bits per heavy atom. The lowest BCUT2D eigenvalue weighted by atomic mass is 9.94. The molecule has 0 aliphatic carbocycles. The first-order valence-corrected chi connectivity index (χ1v) is 14.7. The zero-order chi connectivity index (χ0) is 27.8. The van der Waals surface area contributed by atoms with Gasteiger partial charge in [0.05, 0.1) is 31.5 Å². The van der Waals surface area contributed by atoms with Crippen LogP contribution in [-0.2, 0) is 28.4 Å². The smallest absolute Gasteiger partial charge is 0.115 e. The quantitative estimate of drug-likeness (QED) is 0.157. The van der Waals surface area contributed by atoms with E-state index in [0.717, 1.165) is 6.42 Å². The first-order chi connectivity index (χ1) is 16.9. The summed E-state index contributed by atoms with van der Waals surface area (Å²) in [6, 6.07) is 0. The van der Waals surface area contributed by atoms with Crippen molar-refractivity contribution < 1.29 is 28.4 Å². The van der Waals surface area contributed by atoms with Crippen LogP contribution in [0, 0.1) is 23.7 Å². The molecule has 6 heteroatoms. The van der Waals surface area contributed by atoms with E-state index >= 15 is 0 Å². The highest BCUT2D eigenvalue weighted by atomic mass is 16.6. The van der Waals surface area contributed by atoms with E-state index in [0.29, 0.717) is 56.7 Å². The minimum atomic E-state index is -0.364. The van der Waals surface area contributed by atoms with Crippen LogP contribution in [0.2, 0.25) is 0 Å². The van der Waals surface area contributed by atoms with Gasteiger partial charge in [0, 0.05) is 19.8 Å². The summed E-state index contributed by atoms with van der Waals surface area (Å²) in [5, 5.41) is 0. The predicted molar refractivity (Wildman–Crippen MR) is 150 cm³/mol. The molecule has 0 aromatic heterocycles. The molecule has 0 aromatic rings. The molecule has 0 fully saturated rings. The Bertz CT molecular complexity index is 494. The van der Waals surface area contributed by atoms with Gasteiger partial charge in [0.25, 0.3) is 0 Å². The minimum absolute atomic E-state index is 0.0426. The second-order valence-electron chi connectivity index (χ2n) is 11.3. The van der Waals surface area contributed by atoms with E-state index in [1.54, 1.807) is 0 Å². The van der Waals surface area contributed by atoms with Crippen molar-refractivity contribution in [2.45, 2.75) is 139 Å². The molecule has 6 nitrogen and oxygen atoms in total. The summed E-state index contributed by atoms with van der Waals surface area (Å²) in [7, 11) is 0. The summed E-state index contributed by atoms with van der Waals surface area (Å²) in [6.45, 7) is 30.6. The Kier molecular flexibility index (Phi) is 19.6. The number of ether oxygens (including phenoxy) is 6. The van der Waals surface area contributed by atoms with Gasteiger partial charge in [0.15, 0.2) is 0 Å². The fourth-order valence-corrected chi connectivity index (χ4v) is 4.89. The molecule has 5 atom stereocenters. The third-order valence-corrected chi connectivity index (χ3v) is 6.66. The third-order valence-electron chi connectivity index (χ3n) is 6.66. The highest BCUT2D eigenvalue weighted by molar-refractivity contribution is 4.89. The second-order valence-corrected chi connectivity index (χ2v) is 11.3. The molecular formula is C30H62O6. The van der Waals surface area contributed by atoms with Crippen molar-refractivity contribution in [1.29, 1.82) is 0 Å². The van der Waals surface area contributed by atoms with Crippen LogP contribution in [0.15, 0.2) is 0 Å². The Labute approximate surface area is 224 Å². The van der Waals surface area contributed by atoms with Crippen molar-refractivity contribution in [2.24, 2.45) is 23.7 Å². The maximum atomic E-state index is 6.92. The van der Waals surface area contributed by atoms with Gasteiger partial charge < -0.3 is 28.4 Å². The van der Waals surface area contributed by atoms with Crippen molar-refractivity contribution >= 4 is 0 Å². The Hall–Kier alpha value is -0.240. The summed E-state index contributed by atoms with van der Waals surface area (Å²) in [5.41, 5.74) is 0. The van der Waals surface area contributed by atoms with Crippen LogP contribution in [0.5, 0.6) is 0 Å². The summed E-state index contributed by atoms with van der Waals surface area (Å²) in [5.74, 6) is 1.53. The number of hydrogen-bond donors (Lipinski definition) is 0. The van der Waals surface area contributed by atoms with Crippen LogP contribution < -0.4 is 0 Å². The lowest BCUT2D eigenvalue weighted by Crippen LogP contribution is -2.55. The lowest BCUT2D eigenvalue weighted by molar-refractivity contribution is -0.225. The molecule has 0 aliphatic rings. The molecule has 0 amide bonds. The molecular weight excluding hydrogens is 456 g/mol. The average Bonchev–Trinajstić information content (AvgIpc) is 2.80. The van der Waals surface area contributed by atoms with Gasteiger partial charge in [0.1, 0.15) is 24.4 Å². The number of rotatable bonds is 22. The zero-order valence-corrected chi connectivity index (χ0v) is 26.0. The van der Waals surface area contributed by atoms with Crippen molar-refractivity contribution in [1.82, 2.24) is 0 Å².